The molecule has 0 aromatic heterocycles. The molecule has 28 heavy (non-hydrogen) atoms. The van der Waals surface area contributed by atoms with Gasteiger partial charge in [-0.1, -0.05) is 78.9 Å². The zero-order valence-electron chi connectivity index (χ0n) is 16.1. The minimum Gasteiger partial charge on any atom is -0.344 e. The SMILES string of the molecule is C=CCS(=O)(=O)OC(=O)C(C)(C=Cc1ccccc1)CCCc1ccccc1. The predicted octanol–water partition coefficient (Wildman–Crippen LogP) is 4.79. The van der Waals surface area contributed by atoms with Crippen LogP contribution in [0.25, 0.3) is 6.08 Å². The van der Waals surface area contributed by atoms with Crippen molar-refractivity contribution in [2.24, 2.45) is 5.41 Å². The van der Waals surface area contributed by atoms with Gasteiger partial charge in [0.15, 0.2) is 0 Å². The van der Waals surface area contributed by atoms with E-state index in [-0.39, 0.29) is 0 Å². The highest BCUT2D eigenvalue weighted by Crippen LogP contribution is 2.30. The molecule has 0 spiro atoms. The van der Waals surface area contributed by atoms with Gasteiger partial charge in [-0.05, 0) is 37.3 Å². The molecule has 0 N–H and O–H groups in total. The molecule has 0 heterocycles. The van der Waals surface area contributed by atoms with Crippen LogP contribution in [0.2, 0.25) is 0 Å². The molecule has 4 nitrogen and oxygen atoms in total. The lowest BCUT2D eigenvalue weighted by molar-refractivity contribution is -0.142. The van der Waals surface area contributed by atoms with Crippen molar-refractivity contribution in [3.63, 3.8) is 0 Å². The predicted molar refractivity (Wildman–Crippen MR) is 113 cm³/mol. The van der Waals surface area contributed by atoms with E-state index in [1.165, 1.54) is 11.6 Å². The number of hydrogen-bond acceptors (Lipinski definition) is 4. The molecule has 2 rings (SSSR count). The molecule has 148 valence electrons. The van der Waals surface area contributed by atoms with Gasteiger partial charge < -0.3 is 4.18 Å². The van der Waals surface area contributed by atoms with E-state index in [2.05, 4.69) is 6.58 Å². The Balaban J connectivity index is 2.16. The maximum Gasteiger partial charge on any atom is 0.331 e. The molecule has 0 fully saturated rings. The molecule has 5 heteroatoms. The van der Waals surface area contributed by atoms with Gasteiger partial charge in [-0.25, -0.2) is 4.79 Å². The average molecular weight is 399 g/mol. The average Bonchev–Trinajstić information content (AvgIpc) is 2.67. The first-order valence-corrected chi connectivity index (χ1v) is 10.8. The largest absolute Gasteiger partial charge is 0.344 e. The summed E-state index contributed by atoms with van der Waals surface area (Å²) in [6.07, 6.45) is 6.74. The standard InChI is InChI=1S/C23H26O4S/c1-3-19-28(25,26)27-22(24)23(2,18-16-21-13-8-5-9-14-21)17-10-15-20-11-6-4-7-12-20/h3-9,11-14,16,18H,1,10,15,17,19H2,2H3. The smallest absolute Gasteiger partial charge is 0.331 e. The lowest BCUT2D eigenvalue weighted by Gasteiger charge is -2.23. The quantitative estimate of drug-likeness (QED) is 0.426. The van der Waals surface area contributed by atoms with E-state index in [4.69, 9.17) is 4.18 Å². The van der Waals surface area contributed by atoms with Crippen LogP contribution in [0.5, 0.6) is 0 Å². The molecular weight excluding hydrogens is 372 g/mol. The van der Waals surface area contributed by atoms with Gasteiger partial charge in [-0.2, -0.15) is 8.42 Å². The van der Waals surface area contributed by atoms with E-state index >= 15 is 0 Å². The Morgan fingerprint density at radius 2 is 1.68 bits per heavy atom. The van der Waals surface area contributed by atoms with Crippen molar-refractivity contribution in [3.05, 3.63) is 90.5 Å². The van der Waals surface area contributed by atoms with Crippen LogP contribution in [0, 0.1) is 5.41 Å². The third kappa shape index (κ3) is 6.82. The molecule has 0 saturated carbocycles. The van der Waals surface area contributed by atoms with Crippen molar-refractivity contribution < 1.29 is 17.4 Å². The molecule has 0 aliphatic carbocycles. The highest BCUT2D eigenvalue weighted by molar-refractivity contribution is 7.87. The molecule has 1 unspecified atom stereocenters. The Labute approximate surface area is 167 Å². The first-order chi connectivity index (χ1) is 13.3. The van der Waals surface area contributed by atoms with Crippen LogP contribution < -0.4 is 0 Å². The number of benzene rings is 2. The van der Waals surface area contributed by atoms with E-state index in [0.29, 0.717) is 6.42 Å². The maximum absolute atomic E-state index is 12.7. The van der Waals surface area contributed by atoms with Crippen LogP contribution in [0.1, 0.15) is 30.9 Å². The highest BCUT2D eigenvalue weighted by Gasteiger charge is 2.34. The summed E-state index contributed by atoms with van der Waals surface area (Å²) in [7, 11) is -3.98. The summed E-state index contributed by atoms with van der Waals surface area (Å²) in [5.74, 6) is -1.17. The van der Waals surface area contributed by atoms with Crippen LogP contribution >= 0.6 is 0 Å². The number of carbonyl (C=O) groups is 1. The fourth-order valence-electron chi connectivity index (χ4n) is 2.79. The summed E-state index contributed by atoms with van der Waals surface area (Å²) in [4.78, 5) is 12.7. The normalized spacial score (nSPS) is 13.8. The van der Waals surface area contributed by atoms with E-state index in [0.717, 1.165) is 18.4 Å². The van der Waals surface area contributed by atoms with Crippen molar-refractivity contribution in [1.82, 2.24) is 0 Å². The Bertz CT molecular complexity index is 902. The Morgan fingerprint density at radius 1 is 1.07 bits per heavy atom. The van der Waals surface area contributed by atoms with Crippen molar-refractivity contribution >= 4 is 22.2 Å². The molecule has 0 aliphatic rings. The lowest BCUT2D eigenvalue weighted by atomic mass is 9.83. The Kier molecular flexibility index (Phi) is 7.76. The second kappa shape index (κ2) is 10.0. The van der Waals surface area contributed by atoms with Gasteiger partial charge in [0.1, 0.15) is 5.75 Å². The minimum atomic E-state index is -3.98. The summed E-state index contributed by atoms with van der Waals surface area (Å²) in [5.41, 5.74) is 1.04. The zero-order chi connectivity index (χ0) is 20.5. The summed E-state index contributed by atoms with van der Waals surface area (Å²) in [6, 6.07) is 19.5. The molecule has 2 aromatic rings. The molecular formula is C23H26O4S. The third-order valence-electron chi connectivity index (χ3n) is 4.44. The van der Waals surface area contributed by atoms with Crippen molar-refractivity contribution in [1.29, 1.82) is 0 Å². The molecule has 0 bridgehead atoms. The van der Waals surface area contributed by atoms with Gasteiger partial charge >= 0.3 is 16.1 Å². The topological polar surface area (TPSA) is 60.4 Å². The molecule has 0 aliphatic heterocycles. The summed E-state index contributed by atoms with van der Waals surface area (Å²) in [6.45, 7) is 5.10. The van der Waals surface area contributed by atoms with Gasteiger partial charge in [0.25, 0.3) is 0 Å². The van der Waals surface area contributed by atoms with Gasteiger partial charge in [-0.3, -0.25) is 0 Å². The van der Waals surface area contributed by atoms with Gasteiger partial charge in [0.05, 0.1) is 5.41 Å². The first kappa shape index (κ1) is 21.6. The molecule has 0 saturated heterocycles. The maximum atomic E-state index is 12.7. The van der Waals surface area contributed by atoms with Gasteiger partial charge in [0.2, 0.25) is 0 Å². The third-order valence-corrected chi connectivity index (χ3v) is 5.49. The van der Waals surface area contributed by atoms with Gasteiger partial charge in [-0.15, -0.1) is 6.58 Å². The van der Waals surface area contributed by atoms with Crippen LogP contribution in [0.4, 0.5) is 0 Å². The Hall–Kier alpha value is -2.66. The van der Waals surface area contributed by atoms with Crippen LogP contribution in [-0.4, -0.2) is 20.1 Å². The fourth-order valence-corrected chi connectivity index (χ4v) is 3.57. The second-order valence-corrected chi connectivity index (χ2v) is 8.50. The fraction of sp³-hybridized carbons (Fsp3) is 0.261. The van der Waals surface area contributed by atoms with Crippen molar-refractivity contribution in [2.45, 2.75) is 26.2 Å². The van der Waals surface area contributed by atoms with Gasteiger partial charge in [0, 0.05) is 0 Å². The number of aryl methyl sites for hydroxylation is 1. The summed E-state index contributed by atoms with van der Waals surface area (Å²) < 4.78 is 28.7. The van der Waals surface area contributed by atoms with Crippen molar-refractivity contribution in [2.75, 3.05) is 5.75 Å². The monoisotopic (exact) mass is 398 g/mol. The molecule has 0 amide bonds. The lowest BCUT2D eigenvalue weighted by Crippen LogP contribution is -2.31. The molecule has 1 atom stereocenters. The minimum absolute atomic E-state index is 0.402. The van der Waals surface area contributed by atoms with E-state index in [1.54, 1.807) is 13.0 Å². The Morgan fingerprint density at radius 3 is 2.29 bits per heavy atom. The molecule has 0 radical (unpaired) electrons. The summed E-state index contributed by atoms with van der Waals surface area (Å²) in [5, 5.41) is 0. The number of rotatable bonds is 10. The second-order valence-electron chi connectivity index (χ2n) is 6.88. The number of carbonyl (C=O) groups excluding carboxylic acids is 1. The summed E-state index contributed by atoms with van der Waals surface area (Å²) >= 11 is 0. The van der Waals surface area contributed by atoms with Crippen LogP contribution in [0.3, 0.4) is 0 Å². The zero-order valence-corrected chi connectivity index (χ0v) is 16.9. The first-order valence-electron chi connectivity index (χ1n) is 9.20. The molecule has 2 aromatic carbocycles. The van der Waals surface area contributed by atoms with Crippen LogP contribution in [-0.2, 0) is 25.5 Å². The van der Waals surface area contributed by atoms with Crippen molar-refractivity contribution in [3.8, 4) is 0 Å². The van der Waals surface area contributed by atoms with Crippen LogP contribution in [0.15, 0.2) is 79.4 Å². The number of hydrogen-bond donors (Lipinski definition) is 0. The highest BCUT2D eigenvalue weighted by atomic mass is 32.2. The van der Waals surface area contributed by atoms with E-state index in [1.807, 2.05) is 66.7 Å². The van der Waals surface area contributed by atoms with E-state index in [9.17, 15) is 13.2 Å². The van der Waals surface area contributed by atoms with E-state index < -0.39 is 27.3 Å².